The number of benzene rings is 2. The van der Waals surface area contributed by atoms with E-state index in [1.165, 1.54) is 12.1 Å². The maximum absolute atomic E-state index is 13.2. The van der Waals surface area contributed by atoms with Gasteiger partial charge in [-0.1, -0.05) is 24.3 Å². The van der Waals surface area contributed by atoms with Gasteiger partial charge in [0, 0.05) is 5.56 Å². The van der Waals surface area contributed by atoms with Gasteiger partial charge in [-0.25, -0.2) is 8.78 Å². The second-order valence-electron chi connectivity index (χ2n) is 4.41. The molecular formula is C15H16F2N2O. The Morgan fingerprint density at radius 2 is 1.90 bits per heavy atom. The van der Waals surface area contributed by atoms with Crippen molar-refractivity contribution < 1.29 is 13.5 Å². The molecule has 2 aromatic carbocycles. The molecule has 0 bridgehead atoms. The van der Waals surface area contributed by atoms with Crippen molar-refractivity contribution >= 4 is 0 Å². The van der Waals surface area contributed by atoms with E-state index < -0.39 is 11.6 Å². The molecule has 2 aromatic rings. The van der Waals surface area contributed by atoms with Crippen molar-refractivity contribution in [3.63, 3.8) is 0 Å². The Labute approximate surface area is 116 Å². The number of nitrogens with one attached hydrogen (secondary N) is 1. The number of para-hydroxylation sites is 1. The molecule has 0 aliphatic carbocycles. The molecule has 20 heavy (non-hydrogen) atoms. The van der Waals surface area contributed by atoms with Crippen LogP contribution >= 0.6 is 0 Å². The molecule has 0 fully saturated rings. The normalized spacial score (nSPS) is 12.2. The van der Waals surface area contributed by atoms with Crippen LogP contribution in [0, 0.1) is 11.6 Å². The lowest BCUT2D eigenvalue weighted by atomic mass is 9.98. The van der Waals surface area contributed by atoms with Crippen LogP contribution in [0.5, 0.6) is 5.75 Å². The van der Waals surface area contributed by atoms with Gasteiger partial charge < -0.3 is 4.74 Å². The highest BCUT2D eigenvalue weighted by atomic mass is 19.2. The van der Waals surface area contributed by atoms with Crippen molar-refractivity contribution in [2.24, 2.45) is 5.84 Å². The minimum absolute atomic E-state index is 0.254. The number of hydrogen-bond donors (Lipinski definition) is 2. The highest BCUT2D eigenvalue weighted by Gasteiger charge is 2.15. The lowest BCUT2D eigenvalue weighted by Gasteiger charge is -2.19. The molecule has 5 heteroatoms. The van der Waals surface area contributed by atoms with E-state index in [0.717, 1.165) is 11.6 Å². The fourth-order valence-corrected chi connectivity index (χ4v) is 2.12. The molecule has 0 heterocycles. The molecule has 1 atom stereocenters. The third-order valence-corrected chi connectivity index (χ3v) is 3.14. The zero-order valence-electron chi connectivity index (χ0n) is 11.1. The Morgan fingerprint density at radius 3 is 2.55 bits per heavy atom. The Kier molecular flexibility index (Phi) is 4.65. The lowest BCUT2D eigenvalue weighted by molar-refractivity contribution is 0.399. The molecule has 1 unspecified atom stereocenters. The number of nitrogens with two attached hydrogens (primary N) is 1. The van der Waals surface area contributed by atoms with E-state index in [1.807, 2.05) is 24.3 Å². The Balaban J connectivity index is 2.26. The van der Waals surface area contributed by atoms with Crippen LogP contribution in [0.2, 0.25) is 0 Å². The summed E-state index contributed by atoms with van der Waals surface area (Å²) < 4.78 is 31.4. The van der Waals surface area contributed by atoms with Gasteiger partial charge in [0.1, 0.15) is 5.75 Å². The van der Waals surface area contributed by atoms with Gasteiger partial charge in [-0.3, -0.25) is 11.3 Å². The van der Waals surface area contributed by atoms with Gasteiger partial charge in [0.05, 0.1) is 13.2 Å². The quantitative estimate of drug-likeness (QED) is 0.653. The lowest BCUT2D eigenvalue weighted by Crippen LogP contribution is -2.30. The van der Waals surface area contributed by atoms with Crippen LogP contribution in [0.1, 0.15) is 17.2 Å². The zero-order chi connectivity index (χ0) is 14.5. The number of rotatable bonds is 5. The van der Waals surface area contributed by atoms with Gasteiger partial charge >= 0.3 is 0 Å². The Hall–Kier alpha value is -1.98. The third kappa shape index (κ3) is 3.12. The number of methoxy groups -OCH3 is 1. The van der Waals surface area contributed by atoms with Gasteiger partial charge in [-0.15, -0.1) is 0 Å². The van der Waals surface area contributed by atoms with Crippen LogP contribution in [0.15, 0.2) is 42.5 Å². The SMILES string of the molecule is COc1ccccc1C(Cc1ccc(F)c(F)c1)NN. The fraction of sp³-hybridized carbons (Fsp3) is 0.200. The van der Waals surface area contributed by atoms with Crippen molar-refractivity contribution in [2.45, 2.75) is 12.5 Å². The number of halogens is 2. The number of hydrazine groups is 1. The molecule has 0 spiro atoms. The standard InChI is InChI=1S/C15H16F2N2O/c1-20-15-5-3-2-4-11(15)14(19-18)9-10-6-7-12(16)13(17)8-10/h2-8,14,19H,9,18H2,1H3. The summed E-state index contributed by atoms with van der Waals surface area (Å²) in [4.78, 5) is 0. The maximum atomic E-state index is 13.2. The molecule has 0 aliphatic rings. The molecule has 0 aromatic heterocycles. The number of ether oxygens (including phenoxy) is 1. The molecule has 0 aliphatic heterocycles. The van der Waals surface area contributed by atoms with Crippen molar-refractivity contribution in [2.75, 3.05) is 7.11 Å². The first-order valence-electron chi connectivity index (χ1n) is 6.18. The molecule has 3 nitrogen and oxygen atoms in total. The summed E-state index contributed by atoms with van der Waals surface area (Å²) in [6.45, 7) is 0. The molecule has 0 saturated carbocycles. The van der Waals surface area contributed by atoms with E-state index in [1.54, 1.807) is 7.11 Å². The summed E-state index contributed by atoms with van der Waals surface area (Å²) in [5.41, 5.74) is 4.19. The molecule has 0 amide bonds. The van der Waals surface area contributed by atoms with E-state index in [9.17, 15) is 8.78 Å². The van der Waals surface area contributed by atoms with Gasteiger partial charge in [0.2, 0.25) is 0 Å². The highest BCUT2D eigenvalue weighted by Crippen LogP contribution is 2.27. The van der Waals surface area contributed by atoms with E-state index >= 15 is 0 Å². The Morgan fingerprint density at radius 1 is 1.15 bits per heavy atom. The number of hydrogen-bond acceptors (Lipinski definition) is 3. The van der Waals surface area contributed by atoms with Gasteiger partial charge in [0.15, 0.2) is 11.6 Å². The average molecular weight is 278 g/mol. The van der Waals surface area contributed by atoms with Crippen LogP contribution in [-0.2, 0) is 6.42 Å². The smallest absolute Gasteiger partial charge is 0.159 e. The van der Waals surface area contributed by atoms with E-state index in [2.05, 4.69) is 5.43 Å². The third-order valence-electron chi connectivity index (χ3n) is 3.14. The second kappa shape index (κ2) is 6.45. The second-order valence-corrected chi connectivity index (χ2v) is 4.41. The molecule has 0 saturated heterocycles. The van der Waals surface area contributed by atoms with E-state index in [4.69, 9.17) is 10.6 Å². The summed E-state index contributed by atoms with van der Waals surface area (Å²) in [5, 5.41) is 0. The van der Waals surface area contributed by atoms with Crippen molar-refractivity contribution in [3.8, 4) is 5.75 Å². The largest absolute Gasteiger partial charge is 0.496 e. The minimum atomic E-state index is -0.863. The zero-order valence-corrected chi connectivity index (χ0v) is 11.1. The molecule has 106 valence electrons. The van der Waals surface area contributed by atoms with Crippen LogP contribution in [-0.4, -0.2) is 7.11 Å². The van der Waals surface area contributed by atoms with Gasteiger partial charge in [-0.05, 0) is 30.2 Å². The van der Waals surface area contributed by atoms with Crippen molar-refractivity contribution in [3.05, 3.63) is 65.2 Å². The van der Waals surface area contributed by atoms with Crippen molar-refractivity contribution in [1.82, 2.24) is 5.43 Å². The maximum Gasteiger partial charge on any atom is 0.159 e. The first-order chi connectivity index (χ1) is 9.65. The predicted octanol–water partition coefficient (Wildman–Crippen LogP) is 2.72. The molecule has 3 N–H and O–H groups in total. The topological polar surface area (TPSA) is 47.3 Å². The van der Waals surface area contributed by atoms with Crippen LogP contribution < -0.4 is 16.0 Å². The minimum Gasteiger partial charge on any atom is -0.496 e. The molecular weight excluding hydrogens is 262 g/mol. The van der Waals surface area contributed by atoms with E-state index in [-0.39, 0.29) is 6.04 Å². The summed E-state index contributed by atoms with van der Waals surface area (Å²) in [6, 6.07) is 11.0. The highest BCUT2D eigenvalue weighted by molar-refractivity contribution is 5.37. The fourth-order valence-electron chi connectivity index (χ4n) is 2.12. The summed E-state index contributed by atoms with van der Waals surface area (Å²) >= 11 is 0. The van der Waals surface area contributed by atoms with Crippen LogP contribution in [0.25, 0.3) is 0 Å². The predicted molar refractivity (Wildman–Crippen MR) is 73.1 cm³/mol. The van der Waals surface area contributed by atoms with Crippen LogP contribution in [0.4, 0.5) is 8.78 Å². The molecule has 2 rings (SSSR count). The summed E-state index contributed by atoms with van der Waals surface area (Å²) in [7, 11) is 1.57. The summed E-state index contributed by atoms with van der Waals surface area (Å²) in [5.74, 6) is 4.54. The summed E-state index contributed by atoms with van der Waals surface area (Å²) in [6.07, 6.45) is 0.425. The Bertz CT molecular complexity index is 590. The average Bonchev–Trinajstić information content (AvgIpc) is 2.48. The van der Waals surface area contributed by atoms with Gasteiger partial charge in [0.25, 0.3) is 0 Å². The first-order valence-corrected chi connectivity index (χ1v) is 6.18. The van der Waals surface area contributed by atoms with Crippen molar-refractivity contribution in [1.29, 1.82) is 0 Å². The van der Waals surface area contributed by atoms with E-state index in [0.29, 0.717) is 17.7 Å². The molecule has 0 radical (unpaired) electrons. The first kappa shape index (κ1) is 14.4. The van der Waals surface area contributed by atoms with Gasteiger partial charge in [-0.2, -0.15) is 0 Å². The monoisotopic (exact) mass is 278 g/mol. The van der Waals surface area contributed by atoms with Crippen LogP contribution in [0.3, 0.4) is 0 Å².